The van der Waals surface area contributed by atoms with E-state index in [0.717, 1.165) is 22.4 Å². The van der Waals surface area contributed by atoms with E-state index in [-0.39, 0.29) is 12.7 Å². The second-order valence-electron chi connectivity index (χ2n) is 5.94. The van der Waals surface area contributed by atoms with E-state index < -0.39 is 0 Å². The van der Waals surface area contributed by atoms with E-state index in [1.165, 1.54) is 0 Å². The number of hydrogen-bond acceptors (Lipinski definition) is 3. The summed E-state index contributed by atoms with van der Waals surface area (Å²) in [5.41, 5.74) is 4.50. The van der Waals surface area contributed by atoms with Gasteiger partial charge in [0.05, 0.1) is 0 Å². The van der Waals surface area contributed by atoms with Crippen LogP contribution in [-0.4, -0.2) is 12.7 Å². The minimum Gasteiger partial charge on any atom is -0.454 e. The maximum absolute atomic E-state index is 12.7. The Balaban J connectivity index is 1.66. The molecule has 0 aromatic heterocycles. The largest absolute Gasteiger partial charge is 0.454 e. The van der Waals surface area contributed by atoms with Gasteiger partial charge in [-0.2, -0.15) is 0 Å². The summed E-state index contributed by atoms with van der Waals surface area (Å²) in [7, 11) is 0. The predicted octanol–water partition coefficient (Wildman–Crippen LogP) is 4.64. The van der Waals surface area contributed by atoms with Gasteiger partial charge in [-0.15, -0.1) is 0 Å². The van der Waals surface area contributed by atoms with Gasteiger partial charge in [0.25, 0.3) is 5.91 Å². The number of carbonyl (C=O) groups excluding carboxylic acids is 1. The molecule has 0 spiro atoms. The Morgan fingerprint density at radius 2 is 1.72 bits per heavy atom. The molecule has 124 valence electrons. The van der Waals surface area contributed by atoms with Crippen molar-refractivity contribution in [3.63, 3.8) is 0 Å². The van der Waals surface area contributed by atoms with Gasteiger partial charge < -0.3 is 14.8 Å². The number of amides is 1. The van der Waals surface area contributed by atoms with Crippen molar-refractivity contribution in [1.82, 2.24) is 0 Å². The van der Waals surface area contributed by atoms with Crippen LogP contribution in [0.3, 0.4) is 0 Å². The lowest BCUT2D eigenvalue weighted by molar-refractivity contribution is 0.102. The van der Waals surface area contributed by atoms with Crippen molar-refractivity contribution in [2.75, 3.05) is 12.1 Å². The first kappa shape index (κ1) is 15.3. The number of benzene rings is 3. The topological polar surface area (TPSA) is 47.6 Å². The number of aryl methyl sites for hydroxylation is 1. The summed E-state index contributed by atoms with van der Waals surface area (Å²) in [5.74, 6) is 1.08. The summed E-state index contributed by atoms with van der Waals surface area (Å²) < 4.78 is 10.6. The lowest BCUT2D eigenvalue weighted by Crippen LogP contribution is -2.12. The van der Waals surface area contributed by atoms with Crippen LogP contribution in [0.15, 0.2) is 66.7 Å². The fourth-order valence-electron chi connectivity index (χ4n) is 2.86. The Kier molecular flexibility index (Phi) is 3.86. The molecule has 0 radical (unpaired) electrons. The molecule has 1 amide bonds. The van der Waals surface area contributed by atoms with E-state index in [9.17, 15) is 4.79 Å². The Labute approximate surface area is 146 Å². The molecular formula is C21H17NO3. The van der Waals surface area contributed by atoms with E-state index in [1.807, 2.05) is 49.4 Å². The highest BCUT2D eigenvalue weighted by molar-refractivity contribution is 6.06. The van der Waals surface area contributed by atoms with E-state index in [1.54, 1.807) is 18.2 Å². The van der Waals surface area contributed by atoms with Gasteiger partial charge in [-0.25, -0.2) is 0 Å². The molecule has 0 aliphatic carbocycles. The van der Waals surface area contributed by atoms with Crippen LogP contribution in [0.5, 0.6) is 11.5 Å². The van der Waals surface area contributed by atoms with Crippen LogP contribution in [0, 0.1) is 6.92 Å². The minimum atomic E-state index is -0.181. The third-order valence-electron chi connectivity index (χ3n) is 4.14. The zero-order valence-corrected chi connectivity index (χ0v) is 13.8. The molecule has 0 bridgehead atoms. The predicted molar refractivity (Wildman–Crippen MR) is 97.1 cm³/mol. The van der Waals surface area contributed by atoms with Gasteiger partial charge in [0.15, 0.2) is 11.5 Å². The van der Waals surface area contributed by atoms with Crippen LogP contribution < -0.4 is 14.8 Å². The first-order valence-electron chi connectivity index (χ1n) is 8.08. The number of fused-ring (bicyclic) bond motifs is 1. The molecule has 0 saturated carbocycles. The van der Waals surface area contributed by atoms with Crippen LogP contribution in [0.4, 0.5) is 5.69 Å². The highest BCUT2D eigenvalue weighted by Gasteiger charge is 2.17. The standard InChI is InChI=1S/C21H17NO3/c1-14-7-9-18(17(11-14)15-5-3-2-4-6-15)22-21(23)16-8-10-19-20(12-16)25-13-24-19/h2-12H,13H2,1H3,(H,22,23). The monoisotopic (exact) mass is 331 g/mol. The molecule has 0 atom stereocenters. The zero-order valence-electron chi connectivity index (χ0n) is 13.8. The first-order chi connectivity index (χ1) is 12.2. The number of carbonyl (C=O) groups is 1. The van der Waals surface area contributed by atoms with Crippen LogP contribution in [0.2, 0.25) is 0 Å². The van der Waals surface area contributed by atoms with Crippen LogP contribution in [0.1, 0.15) is 15.9 Å². The highest BCUT2D eigenvalue weighted by atomic mass is 16.7. The van der Waals surface area contributed by atoms with Crippen molar-refractivity contribution in [3.8, 4) is 22.6 Å². The van der Waals surface area contributed by atoms with E-state index in [2.05, 4.69) is 11.4 Å². The van der Waals surface area contributed by atoms with Crippen molar-refractivity contribution < 1.29 is 14.3 Å². The van der Waals surface area contributed by atoms with Gasteiger partial charge in [0.1, 0.15) is 0 Å². The minimum absolute atomic E-state index is 0.181. The number of rotatable bonds is 3. The SMILES string of the molecule is Cc1ccc(NC(=O)c2ccc3c(c2)OCO3)c(-c2ccccc2)c1. The molecular weight excluding hydrogens is 314 g/mol. The summed E-state index contributed by atoms with van der Waals surface area (Å²) in [6, 6.07) is 21.2. The van der Waals surface area contributed by atoms with Crippen molar-refractivity contribution in [2.45, 2.75) is 6.92 Å². The van der Waals surface area contributed by atoms with Crippen LogP contribution >= 0.6 is 0 Å². The van der Waals surface area contributed by atoms with Gasteiger partial charge in [0, 0.05) is 16.8 Å². The third kappa shape index (κ3) is 3.06. The fourth-order valence-corrected chi connectivity index (χ4v) is 2.86. The first-order valence-corrected chi connectivity index (χ1v) is 8.08. The number of hydrogen-bond donors (Lipinski definition) is 1. The molecule has 4 nitrogen and oxygen atoms in total. The van der Waals surface area contributed by atoms with Gasteiger partial charge in [-0.05, 0) is 42.8 Å². The Morgan fingerprint density at radius 1 is 0.920 bits per heavy atom. The summed E-state index contributed by atoms with van der Waals surface area (Å²) >= 11 is 0. The normalized spacial score (nSPS) is 12.0. The summed E-state index contributed by atoms with van der Waals surface area (Å²) in [5, 5.41) is 3.01. The van der Waals surface area contributed by atoms with Gasteiger partial charge in [-0.1, -0.05) is 42.0 Å². The van der Waals surface area contributed by atoms with Gasteiger partial charge >= 0.3 is 0 Å². The van der Waals surface area contributed by atoms with Crippen molar-refractivity contribution in [2.24, 2.45) is 0 Å². The molecule has 0 unspecified atom stereocenters. The van der Waals surface area contributed by atoms with Gasteiger partial charge in [0.2, 0.25) is 6.79 Å². The van der Waals surface area contributed by atoms with Crippen LogP contribution in [0.25, 0.3) is 11.1 Å². The molecule has 0 fully saturated rings. The number of nitrogens with one attached hydrogen (secondary N) is 1. The second-order valence-corrected chi connectivity index (χ2v) is 5.94. The molecule has 0 saturated heterocycles. The van der Waals surface area contributed by atoms with E-state index in [0.29, 0.717) is 17.1 Å². The molecule has 3 aromatic rings. The maximum atomic E-state index is 12.7. The molecule has 4 rings (SSSR count). The van der Waals surface area contributed by atoms with Crippen molar-refractivity contribution in [1.29, 1.82) is 0 Å². The lowest BCUT2D eigenvalue weighted by Gasteiger charge is -2.13. The summed E-state index contributed by atoms with van der Waals surface area (Å²) in [4.78, 5) is 12.7. The average Bonchev–Trinajstić information content (AvgIpc) is 3.11. The Hall–Kier alpha value is -3.27. The van der Waals surface area contributed by atoms with E-state index in [4.69, 9.17) is 9.47 Å². The third-order valence-corrected chi connectivity index (χ3v) is 4.14. The van der Waals surface area contributed by atoms with Gasteiger partial charge in [-0.3, -0.25) is 4.79 Å². The average molecular weight is 331 g/mol. The Morgan fingerprint density at radius 3 is 2.56 bits per heavy atom. The maximum Gasteiger partial charge on any atom is 0.255 e. The smallest absolute Gasteiger partial charge is 0.255 e. The van der Waals surface area contributed by atoms with Crippen molar-refractivity contribution >= 4 is 11.6 Å². The summed E-state index contributed by atoms with van der Waals surface area (Å²) in [6.45, 7) is 2.23. The number of anilines is 1. The molecule has 1 aliphatic rings. The molecule has 1 N–H and O–H groups in total. The second kappa shape index (κ2) is 6.32. The van der Waals surface area contributed by atoms with Crippen molar-refractivity contribution in [3.05, 3.63) is 77.9 Å². The lowest BCUT2D eigenvalue weighted by atomic mass is 10.0. The molecule has 1 aliphatic heterocycles. The number of ether oxygens (including phenoxy) is 2. The fraction of sp³-hybridized carbons (Fsp3) is 0.0952. The molecule has 3 aromatic carbocycles. The summed E-state index contributed by atoms with van der Waals surface area (Å²) in [6.07, 6.45) is 0. The highest BCUT2D eigenvalue weighted by Crippen LogP contribution is 2.33. The Bertz CT molecular complexity index is 935. The zero-order chi connectivity index (χ0) is 17.2. The quantitative estimate of drug-likeness (QED) is 0.760. The molecule has 4 heteroatoms. The molecule has 1 heterocycles. The molecule has 25 heavy (non-hydrogen) atoms. The van der Waals surface area contributed by atoms with Crippen LogP contribution in [-0.2, 0) is 0 Å². The van der Waals surface area contributed by atoms with E-state index >= 15 is 0 Å².